The molecule has 2 saturated heterocycles. The van der Waals surface area contributed by atoms with Crippen LogP contribution in [0.1, 0.15) is 30.9 Å². The minimum atomic E-state index is -0.0932. The number of nitrogens with two attached hydrogens (primary N) is 1. The van der Waals surface area contributed by atoms with Gasteiger partial charge in [-0.25, -0.2) is 0 Å². The van der Waals surface area contributed by atoms with E-state index in [1.165, 1.54) is 0 Å². The molecular formula is C17H24N2O2. The molecule has 3 unspecified atom stereocenters. The van der Waals surface area contributed by atoms with Crippen molar-refractivity contribution in [3.05, 3.63) is 35.9 Å². The maximum atomic E-state index is 12.9. The van der Waals surface area contributed by atoms with Crippen LogP contribution in [0, 0.1) is 11.8 Å². The SMILES string of the molecule is NCC1CCN(C(=O)C2CCCOC2c2ccccc2)C1. The fraction of sp³-hybridized carbons (Fsp3) is 0.588. The van der Waals surface area contributed by atoms with Gasteiger partial charge >= 0.3 is 0 Å². The third-order valence-electron chi connectivity index (χ3n) is 4.70. The van der Waals surface area contributed by atoms with E-state index in [-0.39, 0.29) is 17.9 Å². The molecular weight excluding hydrogens is 264 g/mol. The van der Waals surface area contributed by atoms with Gasteiger partial charge in [0.25, 0.3) is 0 Å². The highest BCUT2D eigenvalue weighted by molar-refractivity contribution is 5.80. The fourth-order valence-electron chi connectivity index (χ4n) is 3.47. The summed E-state index contributed by atoms with van der Waals surface area (Å²) in [5, 5.41) is 0. The lowest BCUT2D eigenvalue weighted by Gasteiger charge is -2.33. The molecule has 2 N–H and O–H groups in total. The maximum Gasteiger partial charge on any atom is 0.228 e. The number of carbonyl (C=O) groups is 1. The van der Waals surface area contributed by atoms with Crippen molar-refractivity contribution in [1.29, 1.82) is 0 Å². The van der Waals surface area contributed by atoms with Crippen molar-refractivity contribution in [3.8, 4) is 0 Å². The Balaban J connectivity index is 1.74. The van der Waals surface area contributed by atoms with E-state index in [0.717, 1.165) is 44.5 Å². The average molecular weight is 288 g/mol. The lowest BCUT2D eigenvalue weighted by Crippen LogP contribution is -2.40. The molecule has 3 atom stereocenters. The van der Waals surface area contributed by atoms with Crippen LogP contribution in [0.15, 0.2) is 30.3 Å². The highest BCUT2D eigenvalue weighted by atomic mass is 16.5. The fourth-order valence-corrected chi connectivity index (χ4v) is 3.47. The number of nitrogens with zero attached hydrogens (tertiary/aromatic N) is 1. The third-order valence-corrected chi connectivity index (χ3v) is 4.70. The summed E-state index contributed by atoms with van der Waals surface area (Å²) in [5.74, 6) is 0.672. The summed E-state index contributed by atoms with van der Waals surface area (Å²) >= 11 is 0. The molecule has 2 aliphatic rings. The van der Waals surface area contributed by atoms with Crippen LogP contribution in [0.2, 0.25) is 0 Å². The van der Waals surface area contributed by atoms with Crippen LogP contribution in [0.3, 0.4) is 0 Å². The van der Waals surface area contributed by atoms with E-state index in [2.05, 4.69) is 12.1 Å². The van der Waals surface area contributed by atoms with Crippen molar-refractivity contribution >= 4 is 5.91 Å². The van der Waals surface area contributed by atoms with Crippen LogP contribution < -0.4 is 5.73 Å². The van der Waals surface area contributed by atoms with E-state index in [1.807, 2.05) is 23.1 Å². The number of benzene rings is 1. The summed E-state index contributed by atoms with van der Waals surface area (Å²) in [4.78, 5) is 14.8. The Hall–Kier alpha value is -1.39. The van der Waals surface area contributed by atoms with Gasteiger partial charge in [0.1, 0.15) is 0 Å². The van der Waals surface area contributed by atoms with Gasteiger partial charge < -0.3 is 15.4 Å². The molecule has 4 heteroatoms. The number of rotatable bonds is 3. The van der Waals surface area contributed by atoms with Crippen LogP contribution in [0.5, 0.6) is 0 Å². The van der Waals surface area contributed by atoms with Crippen LogP contribution in [0.4, 0.5) is 0 Å². The lowest BCUT2D eigenvalue weighted by atomic mass is 9.88. The first kappa shape index (κ1) is 14.5. The zero-order valence-electron chi connectivity index (χ0n) is 12.4. The zero-order valence-corrected chi connectivity index (χ0v) is 12.4. The predicted octanol–water partition coefficient (Wildman–Crippen LogP) is 1.96. The van der Waals surface area contributed by atoms with Crippen molar-refractivity contribution in [2.24, 2.45) is 17.6 Å². The van der Waals surface area contributed by atoms with Crippen molar-refractivity contribution < 1.29 is 9.53 Å². The Morgan fingerprint density at radius 1 is 1.29 bits per heavy atom. The topological polar surface area (TPSA) is 55.6 Å². The van der Waals surface area contributed by atoms with Crippen LogP contribution in [-0.4, -0.2) is 37.0 Å². The van der Waals surface area contributed by atoms with E-state index in [9.17, 15) is 4.79 Å². The van der Waals surface area contributed by atoms with E-state index in [4.69, 9.17) is 10.5 Å². The van der Waals surface area contributed by atoms with Gasteiger partial charge in [-0.3, -0.25) is 4.79 Å². The molecule has 0 aromatic heterocycles. The number of hydrogen-bond donors (Lipinski definition) is 1. The van der Waals surface area contributed by atoms with Crippen LogP contribution >= 0.6 is 0 Å². The summed E-state index contributed by atoms with van der Waals surface area (Å²) in [6.45, 7) is 3.08. The molecule has 4 nitrogen and oxygen atoms in total. The first-order chi connectivity index (χ1) is 10.3. The normalized spacial score (nSPS) is 29.6. The first-order valence-corrected chi connectivity index (χ1v) is 7.95. The third kappa shape index (κ3) is 3.11. The Morgan fingerprint density at radius 2 is 2.10 bits per heavy atom. The molecule has 2 heterocycles. The minimum absolute atomic E-state index is 0.0438. The Bertz CT molecular complexity index is 477. The Morgan fingerprint density at radius 3 is 2.81 bits per heavy atom. The summed E-state index contributed by atoms with van der Waals surface area (Å²) in [7, 11) is 0. The van der Waals surface area contributed by atoms with Gasteiger partial charge in [0, 0.05) is 19.7 Å². The molecule has 0 bridgehead atoms. The smallest absolute Gasteiger partial charge is 0.228 e. The molecule has 2 fully saturated rings. The summed E-state index contributed by atoms with van der Waals surface area (Å²) in [5.41, 5.74) is 6.85. The molecule has 1 aromatic rings. The second-order valence-electron chi connectivity index (χ2n) is 6.13. The van der Waals surface area contributed by atoms with Gasteiger partial charge in [-0.1, -0.05) is 30.3 Å². The second kappa shape index (κ2) is 6.58. The van der Waals surface area contributed by atoms with Crippen molar-refractivity contribution in [1.82, 2.24) is 4.90 Å². The molecule has 0 saturated carbocycles. The molecule has 0 radical (unpaired) electrons. The first-order valence-electron chi connectivity index (χ1n) is 7.95. The van der Waals surface area contributed by atoms with Gasteiger partial charge in [0.2, 0.25) is 5.91 Å². The number of carbonyl (C=O) groups excluding carboxylic acids is 1. The van der Waals surface area contributed by atoms with Gasteiger partial charge in [-0.05, 0) is 37.3 Å². The van der Waals surface area contributed by atoms with Gasteiger partial charge in [0.15, 0.2) is 0 Å². The lowest BCUT2D eigenvalue weighted by molar-refractivity contribution is -0.144. The number of hydrogen-bond acceptors (Lipinski definition) is 3. The highest BCUT2D eigenvalue weighted by Crippen LogP contribution is 2.35. The predicted molar refractivity (Wildman–Crippen MR) is 81.6 cm³/mol. The standard InChI is InChI=1S/C17H24N2O2/c18-11-13-8-9-19(12-13)17(20)15-7-4-10-21-16(15)14-5-2-1-3-6-14/h1-3,5-6,13,15-16H,4,7-12,18H2. The van der Waals surface area contributed by atoms with Crippen LogP contribution in [0.25, 0.3) is 0 Å². The molecule has 3 rings (SSSR count). The second-order valence-corrected chi connectivity index (χ2v) is 6.13. The number of ether oxygens (including phenoxy) is 1. The molecule has 1 amide bonds. The van der Waals surface area contributed by atoms with E-state index < -0.39 is 0 Å². The highest BCUT2D eigenvalue weighted by Gasteiger charge is 2.37. The average Bonchev–Trinajstić information content (AvgIpc) is 3.04. The molecule has 1 aromatic carbocycles. The van der Waals surface area contributed by atoms with E-state index in [0.29, 0.717) is 12.5 Å². The molecule has 114 valence electrons. The van der Waals surface area contributed by atoms with Crippen LogP contribution in [-0.2, 0) is 9.53 Å². The quantitative estimate of drug-likeness (QED) is 0.925. The van der Waals surface area contributed by atoms with Crippen molar-refractivity contribution in [2.75, 3.05) is 26.2 Å². The number of likely N-dealkylation sites (tertiary alicyclic amines) is 1. The molecule has 2 aliphatic heterocycles. The monoisotopic (exact) mass is 288 g/mol. The molecule has 0 spiro atoms. The molecule has 21 heavy (non-hydrogen) atoms. The Kier molecular flexibility index (Phi) is 4.56. The van der Waals surface area contributed by atoms with Gasteiger partial charge in [0.05, 0.1) is 12.0 Å². The van der Waals surface area contributed by atoms with Gasteiger partial charge in [-0.15, -0.1) is 0 Å². The largest absolute Gasteiger partial charge is 0.373 e. The zero-order chi connectivity index (χ0) is 14.7. The Labute approximate surface area is 126 Å². The van der Waals surface area contributed by atoms with Gasteiger partial charge in [-0.2, -0.15) is 0 Å². The summed E-state index contributed by atoms with van der Waals surface area (Å²) in [6, 6.07) is 10.1. The minimum Gasteiger partial charge on any atom is -0.373 e. The van der Waals surface area contributed by atoms with E-state index in [1.54, 1.807) is 0 Å². The van der Waals surface area contributed by atoms with Crippen molar-refractivity contribution in [2.45, 2.75) is 25.4 Å². The van der Waals surface area contributed by atoms with Crippen molar-refractivity contribution in [3.63, 3.8) is 0 Å². The maximum absolute atomic E-state index is 12.9. The summed E-state index contributed by atoms with van der Waals surface area (Å²) in [6.07, 6.45) is 2.83. The summed E-state index contributed by atoms with van der Waals surface area (Å²) < 4.78 is 5.94. The number of amides is 1. The molecule has 0 aliphatic carbocycles. The van der Waals surface area contributed by atoms with E-state index >= 15 is 0 Å².